The van der Waals surface area contributed by atoms with Crippen molar-refractivity contribution in [3.8, 4) is 0 Å². The first-order valence-electron chi connectivity index (χ1n) is 7.79. The van der Waals surface area contributed by atoms with Crippen molar-refractivity contribution in [1.82, 2.24) is 0 Å². The molecule has 0 fully saturated rings. The summed E-state index contributed by atoms with van der Waals surface area (Å²) in [6.07, 6.45) is 0. The Morgan fingerprint density at radius 3 is 2.42 bits per heavy atom. The van der Waals surface area contributed by atoms with Crippen molar-refractivity contribution in [3.63, 3.8) is 0 Å². The zero-order chi connectivity index (χ0) is 19.5. The van der Waals surface area contributed by atoms with Gasteiger partial charge in [-0.25, -0.2) is 8.42 Å². The van der Waals surface area contributed by atoms with E-state index < -0.39 is 27.4 Å². The van der Waals surface area contributed by atoms with Crippen LogP contribution in [0.1, 0.15) is 25.3 Å². The van der Waals surface area contributed by atoms with Crippen LogP contribution >= 0.6 is 0 Å². The smallest absolute Gasteiger partial charge is 0.270 e. The van der Waals surface area contributed by atoms with Crippen LogP contribution < -0.4 is 10.0 Å². The van der Waals surface area contributed by atoms with Crippen LogP contribution in [0.3, 0.4) is 0 Å². The number of hydrogen-bond acceptors (Lipinski definition) is 5. The summed E-state index contributed by atoms with van der Waals surface area (Å²) in [4.78, 5) is 21.5. The van der Waals surface area contributed by atoms with Crippen molar-refractivity contribution in [2.75, 3.05) is 10.8 Å². The zero-order valence-electron chi connectivity index (χ0n) is 14.3. The Hall–Kier alpha value is -2.94. The lowest BCUT2D eigenvalue weighted by molar-refractivity contribution is -0.385. The summed E-state index contributed by atoms with van der Waals surface area (Å²) in [5.41, 5.74) is 5.92. The summed E-state index contributed by atoms with van der Waals surface area (Å²) in [5.74, 6) is -0.848. The Kier molecular flexibility index (Phi) is 5.61. The molecular weight excluding hydrogens is 358 g/mol. The van der Waals surface area contributed by atoms with E-state index in [0.29, 0.717) is 11.3 Å². The molecule has 0 aliphatic heterocycles. The highest BCUT2D eigenvalue weighted by atomic mass is 32.2. The fourth-order valence-corrected chi connectivity index (χ4v) is 4.03. The Morgan fingerprint density at radius 2 is 1.85 bits per heavy atom. The molecule has 2 rings (SSSR count). The monoisotopic (exact) mass is 377 g/mol. The van der Waals surface area contributed by atoms with Gasteiger partial charge < -0.3 is 5.73 Å². The van der Waals surface area contributed by atoms with E-state index >= 15 is 0 Å². The zero-order valence-corrected chi connectivity index (χ0v) is 15.1. The van der Waals surface area contributed by atoms with Gasteiger partial charge in [0, 0.05) is 12.1 Å². The van der Waals surface area contributed by atoms with E-state index in [0.717, 1.165) is 10.4 Å². The number of anilines is 1. The molecule has 0 aliphatic carbocycles. The summed E-state index contributed by atoms with van der Waals surface area (Å²) in [6.45, 7) is 3.21. The number of benzene rings is 2. The third kappa shape index (κ3) is 3.99. The number of primary amides is 1. The number of nitrogens with zero attached hydrogens (tertiary/aromatic N) is 2. The Balaban J connectivity index is 2.65. The van der Waals surface area contributed by atoms with Crippen LogP contribution in [0, 0.1) is 10.1 Å². The van der Waals surface area contributed by atoms with Crippen molar-refractivity contribution >= 4 is 27.3 Å². The van der Waals surface area contributed by atoms with Crippen molar-refractivity contribution in [2.24, 2.45) is 5.73 Å². The summed E-state index contributed by atoms with van der Waals surface area (Å²) >= 11 is 0. The molecule has 0 atom stereocenters. The Morgan fingerprint density at radius 1 is 1.19 bits per heavy atom. The predicted molar refractivity (Wildman–Crippen MR) is 97.4 cm³/mol. The second kappa shape index (κ2) is 7.52. The van der Waals surface area contributed by atoms with Crippen LogP contribution in [0.4, 0.5) is 11.4 Å². The molecule has 0 heterocycles. The minimum absolute atomic E-state index is 0.0121. The molecule has 26 heavy (non-hydrogen) atoms. The number of amides is 1. The standard InChI is InChI=1S/C17H19N3O5S/c1-12(2)15-8-3-4-9-16(15)19(11-17(18)21)26(24,25)14-7-5-6-13(10-14)20(22)23/h3-10,12H,11H2,1-2H3,(H2,18,21). The van der Waals surface area contributed by atoms with Gasteiger partial charge in [0.2, 0.25) is 5.91 Å². The minimum atomic E-state index is -4.23. The third-order valence-corrected chi connectivity index (χ3v) is 5.50. The second-order valence-electron chi connectivity index (χ2n) is 5.95. The van der Waals surface area contributed by atoms with E-state index in [1.165, 1.54) is 18.2 Å². The normalized spacial score (nSPS) is 11.3. The van der Waals surface area contributed by atoms with Crippen molar-refractivity contribution < 1.29 is 18.1 Å². The molecule has 0 saturated carbocycles. The van der Waals surface area contributed by atoms with Gasteiger partial charge in [0.25, 0.3) is 15.7 Å². The fraction of sp³-hybridized carbons (Fsp3) is 0.235. The van der Waals surface area contributed by atoms with Gasteiger partial charge in [-0.05, 0) is 23.6 Å². The molecule has 0 radical (unpaired) electrons. The lowest BCUT2D eigenvalue weighted by atomic mass is 10.0. The Labute approximate surface area is 151 Å². The maximum Gasteiger partial charge on any atom is 0.270 e. The second-order valence-corrected chi connectivity index (χ2v) is 7.81. The number of non-ortho nitro benzene ring substituents is 1. The lowest BCUT2D eigenvalue weighted by Crippen LogP contribution is -2.39. The molecule has 0 saturated heterocycles. The molecule has 9 heteroatoms. The quantitative estimate of drug-likeness (QED) is 0.586. The minimum Gasteiger partial charge on any atom is -0.368 e. The first-order valence-corrected chi connectivity index (χ1v) is 9.23. The number of sulfonamides is 1. The van der Waals surface area contributed by atoms with Gasteiger partial charge in [0.15, 0.2) is 0 Å². The number of nitro benzene ring substituents is 1. The van der Waals surface area contributed by atoms with Crippen LogP contribution in [-0.2, 0) is 14.8 Å². The molecule has 8 nitrogen and oxygen atoms in total. The largest absolute Gasteiger partial charge is 0.368 e. The maximum atomic E-state index is 13.1. The van der Waals surface area contributed by atoms with Crippen molar-refractivity contribution in [2.45, 2.75) is 24.7 Å². The van der Waals surface area contributed by atoms with Crippen molar-refractivity contribution in [1.29, 1.82) is 0 Å². The first kappa shape index (κ1) is 19.4. The highest BCUT2D eigenvalue weighted by molar-refractivity contribution is 7.92. The number of carbonyl (C=O) groups excluding carboxylic acids is 1. The number of para-hydroxylation sites is 1. The number of carbonyl (C=O) groups is 1. The van der Waals surface area contributed by atoms with E-state index in [1.54, 1.807) is 24.3 Å². The van der Waals surface area contributed by atoms with Gasteiger partial charge in [-0.1, -0.05) is 38.1 Å². The average Bonchev–Trinajstić information content (AvgIpc) is 2.59. The van der Waals surface area contributed by atoms with Crippen LogP contribution in [0.5, 0.6) is 0 Å². The van der Waals surface area contributed by atoms with E-state index in [1.807, 2.05) is 13.8 Å². The number of hydrogen-bond donors (Lipinski definition) is 1. The van der Waals surface area contributed by atoms with Crippen molar-refractivity contribution in [3.05, 3.63) is 64.2 Å². The van der Waals surface area contributed by atoms with Gasteiger partial charge in [0.05, 0.1) is 15.5 Å². The van der Waals surface area contributed by atoms with Crippen LogP contribution in [0.15, 0.2) is 53.4 Å². The summed E-state index contributed by atoms with van der Waals surface area (Å²) in [7, 11) is -4.23. The van der Waals surface area contributed by atoms with E-state index in [4.69, 9.17) is 5.73 Å². The molecule has 2 N–H and O–H groups in total. The van der Waals surface area contributed by atoms with E-state index in [2.05, 4.69) is 0 Å². The van der Waals surface area contributed by atoms with Gasteiger partial charge >= 0.3 is 0 Å². The third-order valence-electron chi connectivity index (χ3n) is 3.74. The van der Waals surface area contributed by atoms with Gasteiger partial charge in [-0.2, -0.15) is 0 Å². The summed E-state index contributed by atoms with van der Waals surface area (Å²) in [6, 6.07) is 11.4. The highest BCUT2D eigenvalue weighted by Crippen LogP contribution is 2.32. The molecule has 1 amide bonds. The molecule has 2 aromatic carbocycles. The molecular formula is C17H19N3O5S. The Bertz CT molecular complexity index is 941. The maximum absolute atomic E-state index is 13.1. The molecule has 0 aliphatic rings. The molecule has 0 aromatic heterocycles. The van der Waals surface area contributed by atoms with Gasteiger partial charge in [-0.3, -0.25) is 19.2 Å². The lowest BCUT2D eigenvalue weighted by Gasteiger charge is -2.26. The van der Waals surface area contributed by atoms with E-state index in [9.17, 15) is 23.3 Å². The molecule has 0 unspecified atom stereocenters. The van der Waals surface area contributed by atoms with Gasteiger partial charge in [0.1, 0.15) is 6.54 Å². The summed E-state index contributed by atoms with van der Waals surface area (Å²) < 4.78 is 27.1. The fourth-order valence-electron chi connectivity index (χ4n) is 2.53. The molecule has 138 valence electrons. The SMILES string of the molecule is CC(C)c1ccccc1N(CC(N)=O)S(=O)(=O)c1cccc([N+](=O)[O-])c1. The summed E-state index contributed by atoms with van der Waals surface area (Å²) in [5, 5.41) is 11.0. The van der Waals surface area contributed by atoms with Crippen LogP contribution in [0.2, 0.25) is 0 Å². The predicted octanol–water partition coefficient (Wildman–Crippen LogP) is 2.40. The average molecular weight is 377 g/mol. The number of nitrogens with two attached hydrogens (primary N) is 1. The van der Waals surface area contributed by atoms with E-state index in [-0.39, 0.29) is 16.5 Å². The van der Waals surface area contributed by atoms with Crippen LogP contribution in [0.25, 0.3) is 0 Å². The topological polar surface area (TPSA) is 124 Å². The van der Waals surface area contributed by atoms with Crippen LogP contribution in [-0.4, -0.2) is 25.8 Å². The number of rotatable bonds is 7. The molecule has 0 bridgehead atoms. The first-order chi connectivity index (χ1) is 12.1. The highest BCUT2D eigenvalue weighted by Gasteiger charge is 2.29. The number of nitro groups is 1. The van der Waals surface area contributed by atoms with Gasteiger partial charge in [-0.15, -0.1) is 0 Å². The molecule has 0 spiro atoms. The molecule has 2 aromatic rings.